The molecule has 3 rings (SSSR count). The van der Waals surface area contributed by atoms with Crippen LogP contribution in [0, 0.1) is 11.3 Å². The number of carbonyl (C=O) groups is 3. The second kappa shape index (κ2) is 10.7. The molecule has 1 heterocycles. The van der Waals surface area contributed by atoms with E-state index in [2.05, 4.69) is 0 Å². The van der Waals surface area contributed by atoms with Gasteiger partial charge in [-0.1, -0.05) is 70.3 Å². The molecule has 0 saturated heterocycles. The molecule has 0 radical (unpaired) electrons. The summed E-state index contributed by atoms with van der Waals surface area (Å²) in [6, 6.07) is 5.13. The third kappa shape index (κ3) is 4.42. The SMILES string of the molecule is CCC1C[C@H](C(C(=O)O)(C(=O)O)C(=O)O)c2c(nc(C(C)C)n2Cc2ccc(Cl)c(Cl)c2)C1(CC)CC. The van der Waals surface area contributed by atoms with Gasteiger partial charge >= 0.3 is 17.9 Å². The van der Waals surface area contributed by atoms with Crippen molar-refractivity contribution >= 4 is 41.1 Å². The van der Waals surface area contributed by atoms with Crippen LogP contribution in [0.2, 0.25) is 10.0 Å². The Morgan fingerprint density at radius 2 is 1.62 bits per heavy atom. The lowest BCUT2D eigenvalue weighted by atomic mass is 9.55. The number of hydrogen-bond acceptors (Lipinski definition) is 4. The van der Waals surface area contributed by atoms with Crippen LogP contribution in [0.5, 0.6) is 0 Å². The highest BCUT2D eigenvalue weighted by Gasteiger charge is 2.65. The standard InChI is InChI=1S/C27H34Cl2N2O6/c1-6-16-12-17(27(23(32)33,24(34)35)25(36)37)20-21(26(16,7-2)8-3)30-22(14(4)5)31(20)13-15-9-10-18(28)19(29)11-15/h9-11,14,16-17H,6-8,12-13H2,1-5H3,(H,32,33)(H,34,35)(H,36,37)/t16?,17-/m0/s1. The second-order valence-corrected chi connectivity index (χ2v) is 11.0. The molecule has 202 valence electrons. The first-order valence-corrected chi connectivity index (χ1v) is 13.3. The highest BCUT2D eigenvalue weighted by molar-refractivity contribution is 6.42. The fourth-order valence-corrected chi connectivity index (χ4v) is 6.59. The fraction of sp³-hybridized carbons (Fsp3) is 0.556. The van der Waals surface area contributed by atoms with Crippen LogP contribution in [0.1, 0.15) is 94.9 Å². The molecule has 0 fully saturated rings. The van der Waals surface area contributed by atoms with Gasteiger partial charge in [0.1, 0.15) is 5.82 Å². The van der Waals surface area contributed by atoms with Crippen molar-refractivity contribution in [1.82, 2.24) is 9.55 Å². The maximum Gasteiger partial charge on any atom is 0.333 e. The Bertz CT molecular complexity index is 1180. The summed E-state index contributed by atoms with van der Waals surface area (Å²) in [6.07, 6.45) is 2.12. The third-order valence-corrected chi connectivity index (χ3v) is 9.01. The Hall–Kier alpha value is -2.58. The molecule has 8 nitrogen and oxygen atoms in total. The van der Waals surface area contributed by atoms with Crippen LogP contribution in [0.15, 0.2) is 18.2 Å². The lowest BCUT2D eigenvalue weighted by Crippen LogP contribution is -2.55. The molecule has 1 aliphatic carbocycles. The van der Waals surface area contributed by atoms with E-state index in [1.165, 1.54) is 0 Å². The molecule has 37 heavy (non-hydrogen) atoms. The van der Waals surface area contributed by atoms with Crippen molar-refractivity contribution in [2.45, 2.75) is 84.1 Å². The number of carboxylic acid groups (broad SMARTS) is 3. The van der Waals surface area contributed by atoms with Crippen molar-refractivity contribution in [1.29, 1.82) is 0 Å². The maximum absolute atomic E-state index is 12.6. The summed E-state index contributed by atoms with van der Waals surface area (Å²) >= 11 is 12.4. The molecule has 0 spiro atoms. The maximum atomic E-state index is 12.6. The summed E-state index contributed by atoms with van der Waals surface area (Å²) in [5.41, 5.74) is -1.79. The molecule has 2 aromatic rings. The van der Waals surface area contributed by atoms with Gasteiger partial charge in [-0.2, -0.15) is 0 Å². The lowest BCUT2D eigenvalue weighted by Gasteiger charge is -2.47. The van der Waals surface area contributed by atoms with Crippen LogP contribution in [0.3, 0.4) is 0 Å². The highest BCUT2D eigenvalue weighted by Crippen LogP contribution is 2.57. The number of nitrogens with zero attached hydrogens (tertiary/aromatic N) is 2. The second-order valence-electron chi connectivity index (χ2n) is 10.2. The van der Waals surface area contributed by atoms with E-state index in [4.69, 9.17) is 28.2 Å². The van der Waals surface area contributed by atoms with E-state index >= 15 is 0 Å². The van der Waals surface area contributed by atoms with Crippen LogP contribution >= 0.6 is 23.2 Å². The van der Waals surface area contributed by atoms with Gasteiger partial charge in [0.25, 0.3) is 5.41 Å². The number of benzene rings is 1. The Balaban J connectivity index is 2.47. The van der Waals surface area contributed by atoms with E-state index in [1.54, 1.807) is 18.2 Å². The Kier molecular flexibility index (Phi) is 8.35. The number of halogens is 2. The summed E-state index contributed by atoms with van der Waals surface area (Å²) < 4.78 is 1.82. The molecule has 1 unspecified atom stereocenters. The minimum Gasteiger partial charge on any atom is -0.480 e. The van der Waals surface area contributed by atoms with Crippen molar-refractivity contribution < 1.29 is 29.7 Å². The van der Waals surface area contributed by atoms with Gasteiger partial charge in [-0.15, -0.1) is 0 Å². The summed E-state index contributed by atoms with van der Waals surface area (Å²) in [6.45, 7) is 10.2. The van der Waals surface area contributed by atoms with E-state index in [9.17, 15) is 29.7 Å². The van der Waals surface area contributed by atoms with Gasteiger partial charge in [0.15, 0.2) is 0 Å². The number of fused-ring (bicyclic) bond motifs is 1. The third-order valence-electron chi connectivity index (χ3n) is 8.27. The topological polar surface area (TPSA) is 130 Å². The number of carboxylic acids is 3. The quantitative estimate of drug-likeness (QED) is 0.300. The van der Waals surface area contributed by atoms with E-state index < -0.39 is 34.7 Å². The predicted molar refractivity (Wildman–Crippen MR) is 141 cm³/mol. The van der Waals surface area contributed by atoms with Crippen LogP contribution in [-0.4, -0.2) is 42.8 Å². The molecule has 1 aliphatic rings. The molecule has 0 aliphatic heterocycles. The number of aliphatic carboxylic acids is 3. The largest absolute Gasteiger partial charge is 0.480 e. The van der Waals surface area contributed by atoms with E-state index in [-0.39, 0.29) is 24.8 Å². The summed E-state index contributed by atoms with van der Waals surface area (Å²) in [4.78, 5) is 42.8. The van der Waals surface area contributed by atoms with Gasteiger partial charge in [0, 0.05) is 29.5 Å². The van der Waals surface area contributed by atoms with Gasteiger partial charge < -0.3 is 19.9 Å². The zero-order chi connectivity index (χ0) is 27.9. The van der Waals surface area contributed by atoms with Gasteiger partial charge in [-0.3, -0.25) is 14.4 Å². The number of aromatic nitrogens is 2. The predicted octanol–water partition coefficient (Wildman–Crippen LogP) is 6.17. The van der Waals surface area contributed by atoms with Crippen LogP contribution in [-0.2, 0) is 26.3 Å². The zero-order valence-electron chi connectivity index (χ0n) is 21.7. The zero-order valence-corrected chi connectivity index (χ0v) is 23.2. The Labute approximate surface area is 226 Å². The Morgan fingerprint density at radius 1 is 1.05 bits per heavy atom. The van der Waals surface area contributed by atoms with E-state index in [1.807, 2.05) is 39.2 Å². The van der Waals surface area contributed by atoms with Crippen molar-refractivity contribution in [2.75, 3.05) is 0 Å². The van der Waals surface area contributed by atoms with E-state index in [0.717, 1.165) is 5.56 Å². The van der Waals surface area contributed by atoms with Crippen molar-refractivity contribution in [3.8, 4) is 0 Å². The number of rotatable bonds is 10. The minimum atomic E-state index is -3.07. The van der Waals surface area contributed by atoms with Gasteiger partial charge in [-0.25, -0.2) is 4.98 Å². The molecule has 1 aromatic heterocycles. The highest BCUT2D eigenvalue weighted by atomic mass is 35.5. The average Bonchev–Trinajstić information content (AvgIpc) is 3.21. The fourth-order valence-electron chi connectivity index (χ4n) is 6.27. The summed E-state index contributed by atoms with van der Waals surface area (Å²) in [5.74, 6) is -6.64. The molecule has 0 amide bonds. The molecule has 1 aromatic carbocycles. The monoisotopic (exact) mass is 552 g/mol. The molecule has 2 atom stereocenters. The first-order valence-electron chi connectivity index (χ1n) is 12.6. The minimum absolute atomic E-state index is 0.0979. The summed E-state index contributed by atoms with van der Waals surface area (Å²) in [7, 11) is 0. The first kappa shape index (κ1) is 29.0. The van der Waals surface area contributed by atoms with Crippen molar-refractivity contribution in [3.63, 3.8) is 0 Å². The molecule has 0 bridgehead atoms. The van der Waals surface area contributed by atoms with Crippen LogP contribution in [0.25, 0.3) is 0 Å². The number of imidazole rings is 1. The normalized spacial score (nSPS) is 19.0. The molecule has 0 saturated carbocycles. The van der Waals surface area contributed by atoms with Gasteiger partial charge in [0.2, 0.25) is 0 Å². The molecular formula is C27H34Cl2N2O6. The van der Waals surface area contributed by atoms with Gasteiger partial charge in [0.05, 0.1) is 15.7 Å². The average molecular weight is 553 g/mol. The molecular weight excluding hydrogens is 519 g/mol. The van der Waals surface area contributed by atoms with Crippen LogP contribution < -0.4 is 0 Å². The number of hydrogen-bond donors (Lipinski definition) is 3. The first-order chi connectivity index (χ1) is 17.3. The van der Waals surface area contributed by atoms with Crippen molar-refractivity contribution in [3.05, 3.63) is 51.0 Å². The molecule has 3 N–H and O–H groups in total. The Morgan fingerprint density at radius 3 is 2.05 bits per heavy atom. The lowest BCUT2D eigenvalue weighted by molar-refractivity contribution is -0.178. The van der Waals surface area contributed by atoms with Crippen molar-refractivity contribution in [2.24, 2.45) is 11.3 Å². The smallest absolute Gasteiger partial charge is 0.333 e. The molecule has 10 heteroatoms. The summed E-state index contributed by atoms with van der Waals surface area (Å²) in [5, 5.41) is 31.3. The van der Waals surface area contributed by atoms with Gasteiger partial charge in [-0.05, 0) is 42.9 Å². The van der Waals surface area contributed by atoms with E-state index in [0.29, 0.717) is 46.5 Å². The van der Waals surface area contributed by atoms with Crippen LogP contribution in [0.4, 0.5) is 0 Å².